The van der Waals surface area contributed by atoms with Crippen LogP contribution in [-0.2, 0) is 11.2 Å². The second kappa shape index (κ2) is 6.96. The number of nitrogens with one attached hydrogen (secondary N) is 1. The number of imidazole rings is 1. The van der Waals surface area contributed by atoms with Gasteiger partial charge in [-0.15, -0.1) is 11.8 Å². The van der Waals surface area contributed by atoms with E-state index in [2.05, 4.69) is 41.1 Å². The van der Waals surface area contributed by atoms with Gasteiger partial charge in [0.1, 0.15) is 5.82 Å². The molecule has 1 unspecified atom stereocenters. The van der Waals surface area contributed by atoms with E-state index in [9.17, 15) is 4.79 Å². The van der Waals surface area contributed by atoms with E-state index in [1.165, 1.54) is 24.8 Å². The van der Waals surface area contributed by atoms with Crippen molar-refractivity contribution in [1.29, 1.82) is 0 Å². The summed E-state index contributed by atoms with van der Waals surface area (Å²) < 4.78 is 0. The molecule has 3 aromatic rings. The molecule has 5 heteroatoms. The molecule has 1 aliphatic carbocycles. The normalized spacial score (nSPS) is 21.7. The van der Waals surface area contributed by atoms with Gasteiger partial charge in [0.25, 0.3) is 0 Å². The summed E-state index contributed by atoms with van der Waals surface area (Å²) in [5.74, 6) is 1.14. The summed E-state index contributed by atoms with van der Waals surface area (Å²) in [5, 5.41) is -0.0834. The minimum Gasteiger partial charge on any atom is -0.342 e. The topological polar surface area (TPSA) is 49.0 Å². The number of amides is 1. The molecule has 1 amide bonds. The number of aromatic amines is 1. The number of carbonyl (C=O) groups excluding carboxylic acids is 1. The van der Waals surface area contributed by atoms with Crippen LogP contribution in [0, 0.1) is 6.92 Å². The first-order valence-corrected chi connectivity index (χ1v) is 11.0. The Morgan fingerprint density at radius 2 is 1.86 bits per heavy atom. The summed E-state index contributed by atoms with van der Waals surface area (Å²) in [4.78, 5) is 23.7. The van der Waals surface area contributed by atoms with E-state index in [-0.39, 0.29) is 16.0 Å². The van der Waals surface area contributed by atoms with Gasteiger partial charge in [0.2, 0.25) is 5.91 Å². The highest BCUT2D eigenvalue weighted by atomic mass is 32.2. The van der Waals surface area contributed by atoms with Crippen molar-refractivity contribution in [2.45, 2.75) is 55.6 Å². The van der Waals surface area contributed by atoms with Crippen molar-refractivity contribution in [3.8, 4) is 0 Å². The van der Waals surface area contributed by atoms with Crippen LogP contribution in [0.2, 0.25) is 0 Å². The smallest absolute Gasteiger partial charge is 0.241 e. The Balaban J connectivity index is 1.47. The predicted molar refractivity (Wildman–Crippen MR) is 116 cm³/mol. The van der Waals surface area contributed by atoms with Gasteiger partial charge in [-0.2, -0.15) is 0 Å². The lowest BCUT2D eigenvalue weighted by Crippen LogP contribution is -2.46. The van der Waals surface area contributed by atoms with Crippen LogP contribution in [-0.4, -0.2) is 26.0 Å². The summed E-state index contributed by atoms with van der Waals surface area (Å²) in [7, 11) is 0. The number of hydrogen-bond acceptors (Lipinski definition) is 3. The van der Waals surface area contributed by atoms with Gasteiger partial charge in [0.05, 0.1) is 21.2 Å². The first-order chi connectivity index (χ1) is 13.6. The lowest BCUT2D eigenvalue weighted by atomic mass is 9.92. The molecule has 2 aromatic carbocycles. The Kier molecular flexibility index (Phi) is 4.43. The average Bonchev–Trinajstić information content (AvgIpc) is 3.22. The molecule has 1 spiro atoms. The van der Waals surface area contributed by atoms with Crippen LogP contribution in [0.1, 0.15) is 43.5 Å². The van der Waals surface area contributed by atoms with Crippen molar-refractivity contribution in [2.24, 2.45) is 0 Å². The zero-order valence-electron chi connectivity index (χ0n) is 16.1. The lowest BCUT2D eigenvalue weighted by Gasteiger charge is -2.40. The van der Waals surface area contributed by atoms with E-state index in [1.807, 2.05) is 36.0 Å². The van der Waals surface area contributed by atoms with E-state index < -0.39 is 0 Å². The Bertz CT molecular complexity index is 971. The Labute approximate surface area is 169 Å². The van der Waals surface area contributed by atoms with E-state index in [0.29, 0.717) is 6.42 Å². The molecule has 1 N–H and O–H groups in total. The molecule has 144 valence electrons. The molecule has 1 atom stereocenters. The summed E-state index contributed by atoms with van der Waals surface area (Å²) in [5.41, 5.74) is 4.27. The summed E-state index contributed by atoms with van der Waals surface area (Å²) >= 11 is 1.87. The van der Waals surface area contributed by atoms with Gasteiger partial charge < -0.3 is 4.98 Å². The third-order valence-electron chi connectivity index (χ3n) is 6.01. The van der Waals surface area contributed by atoms with Gasteiger partial charge in [0, 0.05) is 12.1 Å². The monoisotopic (exact) mass is 391 g/mol. The lowest BCUT2D eigenvalue weighted by molar-refractivity contribution is -0.118. The van der Waals surface area contributed by atoms with Crippen LogP contribution in [0.5, 0.6) is 0 Å². The number of H-pyrrole nitrogens is 1. The molecule has 5 rings (SSSR count). The number of rotatable bonds is 3. The van der Waals surface area contributed by atoms with Gasteiger partial charge in [-0.05, 0) is 44.0 Å². The number of fused-ring (bicyclic) bond motifs is 1. The molecule has 2 heterocycles. The van der Waals surface area contributed by atoms with Crippen molar-refractivity contribution in [2.75, 3.05) is 4.90 Å². The van der Waals surface area contributed by atoms with Gasteiger partial charge in [-0.3, -0.25) is 9.69 Å². The maximum absolute atomic E-state index is 13.5. The van der Waals surface area contributed by atoms with Gasteiger partial charge >= 0.3 is 0 Å². The minimum atomic E-state index is -0.0960. The second-order valence-electron chi connectivity index (χ2n) is 8.03. The Morgan fingerprint density at radius 1 is 1.11 bits per heavy atom. The summed E-state index contributed by atoms with van der Waals surface area (Å²) in [6.45, 7) is 2.09. The van der Waals surface area contributed by atoms with Crippen molar-refractivity contribution < 1.29 is 4.79 Å². The van der Waals surface area contributed by atoms with E-state index >= 15 is 0 Å². The molecule has 4 nitrogen and oxygen atoms in total. The molecular formula is C23H25N3OS. The highest BCUT2D eigenvalue weighted by Crippen LogP contribution is 2.52. The fourth-order valence-electron chi connectivity index (χ4n) is 4.62. The van der Waals surface area contributed by atoms with Crippen LogP contribution < -0.4 is 4.90 Å². The largest absolute Gasteiger partial charge is 0.342 e. The molecule has 0 radical (unpaired) electrons. The van der Waals surface area contributed by atoms with E-state index in [4.69, 9.17) is 4.98 Å². The highest BCUT2D eigenvalue weighted by Gasteiger charge is 2.52. The third kappa shape index (κ3) is 3.02. The average molecular weight is 392 g/mol. The van der Waals surface area contributed by atoms with Gasteiger partial charge in [-0.25, -0.2) is 4.98 Å². The van der Waals surface area contributed by atoms with Crippen LogP contribution in [0.4, 0.5) is 5.69 Å². The zero-order chi connectivity index (χ0) is 19.1. The maximum Gasteiger partial charge on any atom is 0.241 e. The molecule has 0 bridgehead atoms. The number of aryl methyl sites for hydroxylation is 1. The Hall–Kier alpha value is -2.27. The number of benzene rings is 2. The number of para-hydroxylation sites is 2. The summed E-state index contributed by atoms with van der Waals surface area (Å²) in [6, 6.07) is 16.5. The highest BCUT2D eigenvalue weighted by molar-refractivity contribution is 8.02. The second-order valence-corrected chi connectivity index (χ2v) is 9.59. The summed E-state index contributed by atoms with van der Waals surface area (Å²) in [6.07, 6.45) is 6.47. The third-order valence-corrected chi connectivity index (χ3v) is 7.69. The van der Waals surface area contributed by atoms with Crippen LogP contribution in [0.25, 0.3) is 11.0 Å². The number of nitrogens with zero attached hydrogens (tertiary/aromatic N) is 2. The maximum atomic E-state index is 13.5. The molecule has 1 saturated heterocycles. The molecule has 28 heavy (non-hydrogen) atoms. The predicted octanol–water partition coefficient (Wildman–Crippen LogP) is 5.22. The standard InChI is InChI=1S/C23H25N3OS/c1-16-9-11-17(12-10-16)26-22(27)20(28-23(26)13-5-2-6-14-23)15-21-24-18-7-3-4-8-19(18)25-21/h3-4,7-12,20H,2,5-6,13-15H2,1H3,(H,24,25). The zero-order valence-corrected chi connectivity index (χ0v) is 17.0. The number of carbonyl (C=O) groups is 1. The Morgan fingerprint density at radius 3 is 2.61 bits per heavy atom. The molecule has 1 aliphatic heterocycles. The number of hydrogen-bond donors (Lipinski definition) is 1. The molecule has 1 aromatic heterocycles. The SMILES string of the molecule is Cc1ccc(N2C(=O)C(Cc3nc4ccccc4[nH]3)SC23CCCCC3)cc1. The number of anilines is 1. The number of aromatic nitrogens is 2. The van der Waals surface area contributed by atoms with E-state index in [0.717, 1.165) is 35.4 Å². The first-order valence-electron chi connectivity index (χ1n) is 10.2. The van der Waals surface area contributed by atoms with Crippen molar-refractivity contribution >= 4 is 34.4 Å². The number of thioether (sulfide) groups is 1. The van der Waals surface area contributed by atoms with Crippen molar-refractivity contribution in [3.05, 3.63) is 59.9 Å². The fraction of sp³-hybridized carbons (Fsp3) is 0.391. The molecular weight excluding hydrogens is 366 g/mol. The van der Waals surface area contributed by atoms with Crippen molar-refractivity contribution in [3.63, 3.8) is 0 Å². The molecule has 2 fully saturated rings. The molecule has 1 saturated carbocycles. The quantitative estimate of drug-likeness (QED) is 0.666. The fourth-order valence-corrected chi connectivity index (χ4v) is 6.42. The molecule has 2 aliphatic rings. The van der Waals surface area contributed by atoms with Gasteiger partial charge in [-0.1, -0.05) is 49.1 Å². The first kappa shape index (κ1) is 17.8. The van der Waals surface area contributed by atoms with Crippen LogP contribution in [0.15, 0.2) is 48.5 Å². The van der Waals surface area contributed by atoms with Gasteiger partial charge in [0.15, 0.2) is 0 Å². The van der Waals surface area contributed by atoms with Crippen molar-refractivity contribution in [1.82, 2.24) is 9.97 Å². The van der Waals surface area contributed by atoms with Crippen LogP contribution in [0.3, 0.4) is 0 Å². The minimum absolute atomic E-state index is 0.0834. The van der Waals surface area contributed by atoms with Crippen LogP contribution >= 0.6 is 11.8 Å². The van der Waals surface area contributed by atoms with E-state index in [1.54, 1.807) is 0 Å².